The van der Waals surface area contributed by atoms with Crippen LogP contribution >= 0.6 is 0 Å². The van der Waals surface area contributed by atoms with Gasteiger partial charge >= 0.3 is 5.97 Å². The molecule has 0 amide bonds. The fraction of sp³-hybridized carbons (Fsp3) is 0.600. The summed E-state index contributed by atoms with van der Waals surface area (Å²) in [5.74, 6) is 0.736. The molecular weight excluding hydrogens is 466 g/mol. The number of nitriles is 1. The molecule has 0 saturated heterocycles. The van der Waals surface area contributed by atoms with E-state index >= 15 is 0 Å². The maximum absolute atomic E-state index is 13.8. The predicted octanol–water partition coefficient (Wildman–Crippen LogP) is 9.64. The Kier molecular flexibility index (Phi) is 12.4. The Bertz CT molecular complexity index is 1030. The molecule has 1 aliphatic rings. The van der Waals surface area contributed by atoms with Crippen molar-refractivity contribution in [1.82, 2.24) is 0 Å². The van der Waals surface area contributed by atoms with Gasteiger partial charge in [0, 0.05) is 0 Å². The van der Waals surface area contributed by atoms with E-state index in [2.05, 4.69) is 51.1 Å². The third-order valence-electron chi connectivity index (χ3n) is 8.57. The van der Waals surface area contributed by atoms with E-state index in [1.807, 2.05) is 18.2 Å². The number of esters is 1. The molecule has 3 heteroatoms. The molecule has 1 atom stereocenters. The molecular formula is C35H49NO2. The molecule has 0 spiro atoms. The van der Waals surface area contributed by atoms with Gasteiger partial charge in [-0.15, -0.1) is 0 Å². The molecule has 0 aliphatic heterocycles. The number of nitrogens with zero attached hydrogens (tertiary/aromatic N) is 1. The van der Waals surface area contributed by atoms with Gasteiger partial charge in [0.25, 0.3) is 0 Å². The lowest BCUT2D eigenvalue weighted by Crippen LogP contribution is -2.41. The summed E-state index contributed by atoms with van der Waals surface area (Å²) in [6.45, 7) is 6.66. The quantitative estimate of drug-likeness (QED) is 0.135. The van der Waals surface area contributed by atoms with E-state index in [1.165, 1.54) is 56.9 Å². The second kappa shape index (κ2) is 15.7. The number of hydrogen-bond acceptors (Lipinski definition) is 3. The molecule has 0 N–H and O–H groups in total. The topological polar surface area (TPSA) is 50.1 Å². The van der Waals surface area contributed by atoms with Gasteiger partial charge in [0.05, 0.1) is 11.0 Å². The van der Waals surface area contributed by atoms with Crippen molar-refractivity contribution >= 4 is 5.97 Å². The molecule has 3 nitrogen and oxygen atoms in total. The van der Waals surface area contributed by atoms with E-state index in [1.54, 1.807) is 0 Å². The zero-order chi connectivity index (χ0) is 27.2. The summed E-state index contributed by atoms with van der Waals surface area (Å²) in [6, 6.07) is 16.7. The van der Waals surface area contributed by atoms with E-state index in [-0.39, 0.29) is 5.97 Å². The molecule has 0 heterocycles. The van der Waals surface area contributed by atoms with Crippen LogP contribution in [0.1, 0.15) is 133 Å². The Morgan fingerprint density at radius 2 is 1.53 bits per heavy atom. The number of carbonyl (C=O) groups excluding carboxylic acids is 1. The Morgan fingerprint density at radius 1 is 0.895 bits per heavy atom. The van der Waals surface area contributed by atoms with Gasteiger partial charge in [0.1, 0.15) is 11.8 Å². The van der Waals surface area contributed by atoms with Crippen molar-refractivity contribution < 1.29 is 9.53 Å². The number of benzene rings is 2. The Hall–Kier alpha value is -2.60. The molecule has 0 bridgehead atoms. The Balaban J connectivity index is 1.65. The summed E-state index contributed by atoms with van der Waals surface area (Å²) in [5.41, 5.74) is 3.36. The van der Waals surface area contributed by atoms with Gasteiger partial charge < -0.3 is 4.74 Å². The second-order valence-electron chi connectivity index (χ2n) is 11.6. The SMILES string of the molecule is CCCCCCCCCCc1ccc(C2(C(=O)Oc3ccc(CC(C)CC)cc3C#N)CCCCC2)cc1. The van der Waals surface area contributed by atoms with Crippen LogP contribution in [-0.4, -0.2) is 5.97 Å². The normalized spacial score (nSPS) is 15.5. The number of rotatable bonds is 15. The second-order valence-corrected chi connectivity index (χ2v) is 11.6. The molecule has 206 valence electrons. The van der Waals surface area contributed by atoms with Crippen LogP contribution in [0.15, 0.2) is 42.5 Å². The average molecular weight is 516 g/mol. The maximum atomic E-state index is 13.8. The lowest BCUT2D eigenvalue weighted by Gasteiger charge is -2.35. The summed E-state index contributed by atoms with van der Waals surface area (Å²) in [6.07, 6.45) is 18.6. The van der Waals surface area contributed by atoms with Crippen molar-refractivity contribution in [2.24, 2.45) is 5.92 Å². The highest BCUT2D eigenvalue weighted by Crippen LogP contribution is 2.41. The Morgan fingerprint density at radius 3 is 2.16 bits per heavy atom. The van der Waals surface area contributed by atoms with Crippen molar-refractivity contribution in [2.45, 2.75) is 129 Å². The van der Waals surface area contributed by atoms with E-state index in [0.29, 0.717) is 17.2 Å². The third-order valence-corrected chi connectivity index (χ3v) is 8.57. The van der Waals surface area contributed by atoms with Crippen LogP contribution in [0.25, 0.3) is 0 Å². The number of aryl methyl sites for hydroxylation is 1. The van der Waals surface area contributed by atoms with Crippen molar-refractivity contribution in [3.63, 3.8) is 0 Å². The van der Waals surface area contributed by atoms with Crippen LogP contribution in [0, 0.1) is 17.2 Å². The number of unbranched alkanes of at least 4 members (excludes halogenated alkanes) is 7. The molecule has 1 aliphatic carbocycles. The molecule has 2 aromatic rings. The van der Waals surface area contributed by atoms with Gasteiger partial charge in [-0.1, -0.05) is 122 Å². The predicted molar refractivity (Wildman–Crippen MR) is 157 cm³/mol. The highest BCUT2D eigenvalue weighted by Gasteiger charge is 2.43. The minimum atomic E-state index is -0.628. The van der Waals surface area contributed by atoms with Gasteiger partial charge in [0.2, 0.25) is 0 Å². The van der Waals surface area contributed by atoms with Crippen LogP contribution in [0.2, 0.25) is 0 Å². The largest absolute Gasteiger partial charge is 0.424 e. The minimum Gasteiger partial charge on any atom is -0.424 e. The summed E-state index contributed by atoms with van der Waals surface area (Å²) < 4.78 is 6.02. The van der Waals surface area contributed by atoms with Crippen molar-refractivity contribution in [3.8, 4) is 11.8 Å². The van der Waals surface area contributed by atoms with Gasteiger partial charge in [-0.2, -0.15) is 5.26 Å². The van der Waals surface area contributed by atoms with Gasteiger partial charge in [-0.25, -0.2) is 0 Å². The molecule has 3 rings (SSSR count). The van der Waals surface area contributed by atoms with Crippen molar-refractivity contribution in [1.29, 1.82) is 5.26 Å². The van der Waals surface area contributed by atoms with Crippen LogP contribution < -0.4 is 4.74 Å². The molecule has 1 saturated carbocycles. The minimum absolute atomic E-state index is 0.209. The van der Waals surface area contributed by atoms with E-state index in [4.69, 9.17) is 4.74 Å². The summed E-state index contributed by atoms with van der Waals surface area (Å²) in [7, 11) is 0. The molecule has 2 aromatic carbocycles. The van der Waals surface area contributed by atoms with Gasteiger partial charge in [-0.05, 0) is 66.8 Å². The third kappa shape index (κ3) is 8.45. The van der Waals surface area contributed by atoms with E-state index in [9.17, 15) is 10.1 Å². The Labute approximate surface area is 232 Å². The van der Waals surface area contributed by atoms with E-state index < -0.39 is 5.41 Å². The fourth-order valence-corrected chi connectivity index (χ4v) is 5.84. The lowest BCUT2D eigenvalue weighted by atomic mass is 9.69. The van der Waals surface area contributed by atoms with Gasteiger partial charge in [0.15, 0.2) is 0 Å². The number of ether oxygens (including phenoxy) is 1. The molecule has 0 aromatic heterocycles. The fourth-order valence-electron chi connectivity index (χ4n) is 5.84. The average Bonchev–Trinajstić information content (AvgIpc) is 2.95. The number of hydrogen-bond donors (Lipinski definition) is 0. The highest BCUT2D eigenvalue weighted by atomic mass is 16.5. The maximum Gasteiger partial charge on any atom is 0.321 e. The number of carbonyl (C=O) groups is 1. The molecule has 0 radical (unpaired) electrons. The monoisotopic (exact) mass is 515 g/mol. The van der Waals surface area contributed by atoms with Crippen LogP contribution in [0.5, 0.6) is 5.75 Å². The van der Waals surface area contributed by atoms with Crippen LogP contribution in [0.3, 0.4) is 0 Å². The summed E-state index contributed by atoms with van der Waals surface area (Å²) in [4.78, 5) is 13.8. The molecule has 38 heavy (non-hydrogen) atoms. The standard InChI is InChI=1S/C35H49NO2/c1-4-6-7-8-9-10-11-13-16-29-17-20-32(21-18-29)35(23-14-12-15-24-35)34(37)38-33-22-19-30(25-28(3)5-2)26-31(33)27-36/h17-22,26,28H,4-16,23-25H2,1-3H3. The first kappa shape index (κ1) is 29.9. The molecule has 1 unspecified atom stereocenters. The summed E-state index contributed by atoms with van der Waals surface area (Å²) in [5, 5.41) is 9.78. The van der Waals surface area contributed by atoms with Crippen molar-refractivity contribution in [3.05, 3.63) is 64.7 Å². The zero-order valence-electron chi connectivity index (χ0n) is 24.2. The summed E-state index contributed by atoms with van der Waals surface area (Å²) >= 11 is 0. The first-order valence-corrected chi connectivity index (χ1v) is 15.4. The van der Waals surface area contributed by atoms with Gasteiger partial charge in [-0.3, -0.25) is 4.79 Å². The lowest BCUT2D eigenvalue weighted by molar-refractivity contribution is -0.142. The first-order chi connectivity index (χ1) is 18.5. The molecule has 1 fully saturated rings. The highest BCUT2D eigenvalue weighted by molar-refractivity contribution is 5.85. The van der Waals surface area contributed by atoms with Crippen LogP contribution in [0.4, 0.5) is 0 Å². The smallest absolute Gasteiger partial charge is 0.321 e. The van der Waals surface area contributed by atoms with E-state index in [0.717, 1.165) is 62.5 Å². The first-order valence-electron chi connectivity index (χ1n) is 15.4. The zero-order valence-corrected chi connectivity index (χ0v) is 24.2. The van der Waals surface area contributed by atoms with Crippen molar-refractivity contribution in [2.75, 3.05) is 0 Å². The van der Waals surface area contributed by atoms with Crippen LogP contribution in [-0.2, 0) is 23.1 Å².